The molecule has 1 heterocycles. The Kier molecular flexibility index (Phi) is 7.09. The Morgan fingerprint density at radius 3 is 1.89 bits per heavy atom. The predicted octanol–water partition coefficient (Wildman–Crippen LogP) is 6.15. The van der Waals surface area contributed by atoms with Crippen molar-refractivity contribution in [3.05, 3.63) is 52.0 Å². The molecule has 0 unspecified atom stereocenters. The highest BCUT2D eigenvalue weighted by atomic mass is 28.3. The summed E-state index contributed by atoms with van der Waals surface area (Å²) in [7, 11) is -0.338. The first kappa shape index (κ1) is 26.7. The van der Waals surface area contributed by atoms with Gasteiger partial charge in [-0.1, -0.05) is 33.9 Å². The highest BCUT2D eigenvalue weighted by Crippen LogP contribution is 2.44. The molecular weight excluding hydrogens is 487 g/mol. The van der Waals surface area contributed by atoms with Crippen LogP contribution < -0.4 is 14.7 Å². The Balaban J connectivity index is 2.56. The molecular formula is C25H27F5O4Si. The summed E-state index contributed by atoms with van der Waals surface area (Å²) in [4.78, 5) is 13.7. The van der Waals surface area contributed by atoms with Crippen LogP contribution in [0.15, 0.2) is 10.5 Å². The summed E-state index contributed by atoms with van der Waals surface area (Å²) >= 11 is 0. The van der Waals surface area contributed by atoms with Gasteiger partial charge in [0.15, 0.2) is 34.6 Å². The molecule has 190 valence electrons. The zero-order valence-corrected chi connectivity index (χ0v) is 21.9. The lowest BCUT2D eigenvalue weighted by atomic mass is 9.86. The topological polar surface area (TPSA) is 48.7 Å². The molecule has 35 heavy (non-hydrogen) atoms. The van der Waals surface area contributed by atoms with E-state index in [0.29, 0.717) is 10.9 Å². The van der Waals surface area contributed by atoms with Crippen molar-refractivity contribution in [1.29, 1.82) is 0 Å². The molecule has 0 saturated heterocycles. The third-order valence-electron chi connectivity index (χ3n) is 5.45. The average Bonchev–Trinajstić information content (AvgIpc) is 3.17. The van der Waals surface area contributed by atoms with E-state index < -0.39 is 54.6 Å². The van der Waals surface area contributed by atoms with Crippen molar-refractivity contribution in [2.24, 2.45) is 0 Å². The van der Waals surface area contributed by atoms with Gasteiger partial charge in [-0.2, -0.15) is 0 Å². The van der Waals surface area contributed by atoms with Gasteiger partial charge in [0.05, 0.1) is 27.6 Å². The summed E-state index contributed by atoms with van der Waals surface area (Å²) in [6.07, 6.45) is -0.327. The van der Waals surface area contributed by atoms with E-state index in [0.717, 1.165) is 0 Å². The van der Waals surface area contributed by atoms with Crippen molar-refractivity contribution < 1.29 is 40.6 Å². The Morgan fingerprint density at radius 1 is 0.943 bits per heavy atom. The molecule has 0 amide bonds. The summed E-state index contributed by atoms with van der Waals surface area (Å²) < 4.78 is 88.6. The molecule has 3 aromatic rings. The summed E-state index contributed by atoms with van der Waals surface area (Å²) in [5.41, 5.74) is -2.56. The number of carbonyl (C=O) groups excluding carboxylic acids is 1. The van der Waals surface area contributed by atoms with E-state index in [4.69, 9.17) is 13.9 Å². The molecule has 2 aromatic carbocycles. The number of fused-ring (bicyclic) bond motifs is 1. The minimum Gasteiger partial charge on any atom is -0.493 e. The molecule has 0 fully saturated rings. The monoisotopic (exact) mass is 514 g/mol. The molecule has 3 rings (SSSR count). The second-order valence-electron chi connectivity index (χ2n) is 9.85. The van der Waals surface area contributed by atoms with Crippen molar-refractivity contribution in [3.63, 3.8) is 0 Å². The average molecular weight is 515 g/mol. The van der Waals surface area contributed by atoms with Crippen LogP contribution in [0.1, 0.15) is 56.3 Å². The number of furan rings is 1. The zero-order valence-electron chi connectivity index (χ0n) is 20.8. The Bertz CT molecular complexity index is 1290. The van der Waals surface area contributed by atoms with Gasteiger partial charge >= 0.3 is 0 Å². The minimum atomic E-state index is -2.34. The first-order valence-electron chi connectivity index (χ1n) is 11.0. The molecule has 0 saturated carbocycles. The number of rotatable bonds is 6. The van der Waals surface area contributed by atoms with Gasteiger partial charge in [0.2, 0.25) is 17.3 Å². The van der Waals surface area contributed by atoms with E-state index >= 15 is 0 Å². The van der Waals surface area contributed by atoms with Crippen molar-refractivity contribution in [2.75, 3.05) is 7.11 Å². The predicted molar refractivity (Wildman–Crippen MR) is 125 cm³/mol. The molecule has 0 aliphatic heterocycles. The van der Waals surface area contributed by atoms with Crippen molar-refractivity contribution in [2.45, 2.75) is 59.2 Å². The zero-order chi connectivity index (χ0) is 26.6. The molecule has 1 aromatic heterocycles. The van der Waals surface area contributed by atoms with E-state index in [9.17, 15) is 26.7 Å². The van der Waals surface area contributed by atoms with Crippen LogP contribution in [0.2, 0.25) is 13.1 Å². The lowest BCUT2D eigenvalue weighted by molar-refractivity contribution is 0.102. The SMILES string of the molecule is COc1cc([SiH](C)C)c2c(C(=O)c3c(F)c(F)c(F)c(F)c3F)c(C(C)(C)C)oc2c1OC(C)C. The van der Waals surface area contributed by atoms with Crippen LogP contribution in [0.4, 0.5) is 22.0 Å². The van der Waals surface area contributed by atoms with Gasteiger partial charge in [0.25, 0.3) is 0 Å². The lowest BCUT2D eigenvalue weighted by Gasteiger charge is -2.18. The third-order valence-corrected chi connectivity index (χ3v) is 7.15. The Hall–Kier alpha value is -2.88. The van der Waals surface area contributed by atoms with Crippen LogP contribution in [0, 0.1) is 29.1 Å². The lowest BCUT2D eigenvalue weighted by Crippen LogP contribution is -2.26. The van der Waals surface area contributed by atoms with Crippen molar-refractivity contribution in [1.82, 2.24) is 0 Å². The maximum Gasteiger partial charge on any atom is 0.205 e. The largest absolute Gasteiger partial charge is 0.493 e. The number of benzene rings is 2. The molecule has 10 heteroatoms. The highest BCUT2D eigenvalue weighted by molar-refractivity contribution is 6.73. The van der Waals surface area contributed by atoms with Crippen LogP contribution in [0.3, 0.4) is 0 Å². The molecule has 0 N–H and O–H groups in total. The van der Waals surface area contributed by atoms with Crippen LogP contribution in [-0.4, -0.2) is 27.8 Å². The van der Waals surface area contributed by atoms with Crippen LogP contribution >= 0.6 is 0 Å². The Morgan fingerprint density at radius 2 is 1.46 bits per heavy atom. The molecule has 0 aliphatic carbocycles. The quantitative estimate of drug-likeness (QED) is 0.130. The normalized spacial score (nSPS) is 12.2. The van der Waals surface area contributed by atoms with Crippen molar-refractivity contribution >= 4 is 30.7 Å². The van der Waals surface area contributed by atoms with Gasteiger partial charge in [-0.3, -0.25) is 4.79 Å². The van der Waals surface area contributed by atoms with Gasteiger partial charge in [-0.05, 0) is 25.1 Å². The number of hydrogen-bond acceptors (Lipinski definition) is 4. The van der Waals surface area contributed by atoms with Crippen molar-refractivity contribution in [3.8, 4) is 11.5 Å². The van der Waals surface area contributed by atoms with E-state index in [2.05, 4.69) is 0 Å². The first-order valence-corrected chi connectivity index (χ1v) is 13.9. The maximum absolute atomic E-state index is 14.7. The standard InChI is InChI=1S/C25H27F5O4Si/c1-10(2)33-22-11(32-6)9-12(35(7)8)13-14(24(25(3,4)5)34-23(13)22)21(31)15-16(26)18(28)20(30)19(29)17(15)27/h9-10,35H,1-8H3. The fourth-order valence-electron chi connectivity index (χ4n) is 3.89. The smallest absolute Gasteiger partial charge is 0.205 e. The van der Waals surface area contributed by atoms with Crippen LogP contribution in [0.5, 0.6) is 11.5 Å². The number of ketones is 1. The molecule has 0 radical (unpaired) electrons. The van der Waals surface area contributed by atoms with E-state index in [1.54, 1.807) is 40.7 Å². The first-order chi connectivity index (χ1) is 16.1. The van der Waals surface area contributed by atoms with Gasteiger partial charge in [-0.25, -0.2) is 22.0 Å². The van der Waals surface area contributed by atoms with Gasteiger partial charge < -0.3 is 13.9 Å². The second kappa shape index (κ2) is 9.29. The van der Waals surface area contributed by atoms with Gasteiger partial charge in [0.1, 0.15) is 11.3 Å². The number of halogens is 5. The van der Waals surface area contributed by atoms with Gasteiger partial charge in [-0.15, -0.1) is 0 Å². The number of carbonyl (C=O) groups is 1. The fourth-order valence-corrected chi connectivity index (χ4v) is 5.22. The summed E-state index contributed by atoms with van der Waals surface area (Å²) in [5, 5.41) is 0.876. The summed E-state index contributed by atoms with van der Waals surface area (Å²) in [6, 6.07) is 1.67. The Labute approximate surface area is 201 Å². The van der Waals surface area contributed by atoms with E-state index in [1.165, 1.54) is 7.11 Å². The molecule has 0 spiro atoms. The number of methoxy groups -OCH3 is 1. The molecule has 0 aliphatic rings. The number of ether oxygens (including phenoxy) is 2. The summed E-state index contributed by atoms with van der Waals surface area (Å²) in [6.45, 7) is 12.5. The second-order valence-corrected chi connectivity index (χ2v) is 12.8. The van der Waals surface area contributed by atoms with Crippen LogP contribution in [-0.2, 0) is 5.41 Å². The maximum atomic E-state index is 14.7. The van der Waals surface area contributed by atoms with Gasteiger partial charge in [0, 0.05) is 10.8 Å². The fraction of sp³-hybridized carbons (Fsp3) is 0.400. The minimum absolute atomic E-state index is 0.0270. The van der Waals surface area contributed by atoms with E-state index in [1.807, 2.05) is 13.1 Å². The molecule has 0 atom stereocenters. The number of hydrogen-bond donors (Lipinski definition) is 0. The van der Waals surface area contributed by atoms with E-state index in [-0.39, 0.29) is 34.1 Å². The molecule has 0 bridgehead atoms. The third kappa shape index (κ3) is 4.44. The van der Waals surface area contributed by atoms with Crippen LogP contribution in [0.25, 0.3) is 11.0 Å². The highest BCUT2D eigenvalue weighted by Gasteiger charge is 2.38. The summed E-state index contributed by atoms with van der Waals surface area (Å²) in [5.74, 6) is -11.9. The molecule has 4 nitrogen and oxygen atoms in total.